The van der Waals surface area contributed by atoms with Crippen molar-refractivity contribution in [3.63, 3.8) is 0 Å². The fraction of sp³-hybridized carbons (Fsp3) is 0.933. The third-order valence-electron chi connectivity index (χ3n) is 3.72. The van der Waals surface area contributed by atoms with E-state index in [4.69, 9.17) is 5.11 Å². The molecule has 1 amide bonds. The normalized spacial score (nSPS) is 21.4. The molecule has 0 aromatic carbocycles. The van der Waals surface area contributed by atoms with Gasteiger partial charge in [-0.15, -0.1) is 0 Å². The Balaban J connectivity index is 2.25. The zero-order valence-corrected chi connectivity index (χ0v) is 12.7. The van der Waals surface area contributed by atoms with Gasteiger partial charge < -0.3 is 15.3 Å². The number of hydrogen-bond donors (Lipinski definition) is 2. The highest BCUT2D eigenvalue weighted by molar-refractivity contribution is 5.81. The number of nitrogens with one attached hydrogen (secondary N) is 1. The van der Waals surface area contributed by atoms with Crippen LogP contribution >= 0.6 is 0 Å². The fourth-order valence-corrected chi connectivity index (χ4v) is 2.47. The van der Waals surface area contributed by atoms with Gasteiger partial charge >= 0.3 is 0 Å². The van der Waals surface area contributed by atoms with Crippen LogP contribution in [0.15, 0.2) is 0 Å². The van der Waals surface area contributed by atoms with Crippen molar-refractivity contribution in [1.82, 2.24) is 10.2 Å². The number of nitrogens with zero attached hydrogens (tertiary/aromatic N) is 1. The van der Waals surface area contributed by atoms with E-state index < -0.39 is 0 Å². The Labute approximate surface area is 117 Å². The molecule has 19 heavy (non-hydrogen) atoms. The third-order valence-corrected chi connectivity index (χ3v) is 3.72. The van der Waals surface area contributed by atoms with Crippen molar-refractivity contribution in [2.24, 2.45) is 11.3 Å². The summed E-state index contributed by atoms with van der Waals surface area (Å²) in [4.78, 5) is 14.3. The second kappa shape index (κ2) is 7.85. The number of likely N-dealkylation sites (tertiary alicyclic amines) is 1. The van der Waals surface area contributed by atoms with Gasteiger partial charge in [0.05, 0.1) is 0 Å². The van der Waals surface area contributed by atoms with Gasteiger partial charge in [0.15, 0.2) is 0 Å². The van der Waals surface area contributed by atoms with E-state index in [0.29, 0.717) is 12.5 Å². The average molecular weight is 270 g/mol. The van der Waals surface area contributed by atoms with E-state index >= 15 is 0 Å². The summed E-state index contributed by atoms with van der Waals surface area (Å²) in [5.41, 5.74) is -0.296. The first-order valence-corrected chi connectivity index (χ1v) is 7.55. The Morgan fingerprint density at radius 3 is 2.74 bits per heavy atom. The number of carbonyl (C=O) groups is 1. The number of amides is 1. The monoisotopic (exact) mass is 270 g/mol. The first kappa shape index (κ1) is 16.4. The maximum atomic E-state index is 11.8. The summed E-state index contributed by atoms with van der Waals surface area (Å²) in [6, 6.07) is 0. The van der Waals surface area contributed by atoms with Crippen molar-refractivity contribution in [1.29, 1.82) is 0 Å². The quantitative estimate of drug-likeness (QED) is 0.721. The number of piperidine rings is 1. The van der Waals surface area contributed by atoms with Crippen molar-refractivity contribution < 1.29 is 9.90 Å². The molecular weight excluding hydrogens is 240 g/mol. The molecule has 4 nitrogen and oxygen atoms in total. The van der Waals surface area contributed by atoms with E-state index in [1.165, 1.54) is 12.8 Å². The van der Waals surface area contributed by atoms with Crippen LogP contribution in [0.3, 0.4) is 0 Å². The van der Waals surface area contributed by atoms with E-state index in [1.807, 2.05) is 20.8 Å². The van der Waals surface area contributed by atoms with Gasteiger partial charge in [-0.25, -0.2) is 0 Å². The van der Waals surface area contributed by atoms with Crippen LogP contribution in [0.5, 0.6) is 0 Å². The van der Waals surface area contributed by atoms with Crippen LogP contribution in [0, 0.1) is 11.3 Å². The summed E-state index contributed by atoms with van der Waals surface area (Å²) in [7, 11) is 0. The topological polar surface area (TPSA) is 52.6 Å². The molecule has 1 aliphatic rings. The molecule has 2 N–H and O–H groups in total. The molecule has 112 valence electrons. The van der Waals surface area contributed by atoms with Gasteiger partial charge in [0, 0.05) is 25.1 Å². The Bertz CT molecular complexity index is 274. The predicted octanol–water partition coefficient (Wildman–Crippen LogP) is 1.63. The van der Waals surface area contributed by atoms with Crippen molar-refractivity contribution in [2.75, 3.05) is 32.8 Å². The second-order valence-electron chi connectivity index (χ2n) is 6.70. The Morgan fingerprint density at radius 2 is 2.11 bits per heavy atom. The van der Waals surface area contributed by atoms with Gasteiger partial charge in [-0.05, 0) is 44.7 Å². The largest absolute Gasteiger partial charge is 0.396 e. The lowest BCUT2D eigenvalue weighted by atomic mass is 9.94. The smallest absolute Gasteiger partial charge is 0.225 e. The summed E-state index contributed by atoms with van der Waals surface area (Å²) in [6.07, 6.45) is 4.38. The predicted molar refractivity (Wildman–Crippen MR) is 77.9 cm³/mol. The first-order valence-electron chi connectivity index (χ1n) is 7.55. The van der Waals surface area contributed by atoms with Crippen LogP contribution in [-0.2, 0) is 4.79 Å². The van der Waals surface area contributed by atoms with Gasteiger partial charge in [0.2, 0.25) is 5.91 Å². The van der Waals surface area contributed by atoms with Gasteiger partial charge in [-0.3, -0.25) is 4.79 Å². The van der Waals surface area contributed by atoms with Gasteiger partial charge in [0.1, 0.15) is 0 Å². The summed E-state index contributed by atoms with van der Waals surface area (Å²) >= 11 is 0. The molecule has 1 heterocycles. The molecule has 1 atom stereocenters. The molecule has 1 unspecified atom stereocenters. The van der Waals surface area contributed by atoms with Crippen molar-refractivity contribution in [2.45, 2.75) is 46.5 Å². The maximum Gasteiger partial charge on any atom is 0.225 e. The number of rotatable bonds is 6. The lowest BCUT2D eigenvalue weighted by Crippen LogP contribution is -2.43. The van der Waals surface area contributed by atoms with E-state index in [0.717, 1.165) is 39.0 Å². The van der Waals surface area contributed by atoms with Gasteiger partial charge in [-0.1, -0.05) is 20.8 Å². The Morgan fingerprint density at radius 1 is 1.37 bits per heavy atom. The van der Waals surface area contributed by atoms with Crippen LogP contribution in [0.2, 0.25) is 0 Å². The average Bonchev–Trinajstić information content (AvgIpc) is 2.35. The van der Waals surface area contributed by atoms with Crippen molar-refractivity contribution >= 4 is 5.91 Å². The van der Waals surface area contributed by atoms with E-state index in [1.54, 1.807) is 0 Å². The zero-order valence-electron chi connectivity index (χ0n) is 12.7. The Kier molecular flexibility index (Phi) is 6.80. The highest BCUT2D eigenvalue weighted by Crippen LogP contribution is 2.17. The highest BCUT2D eigenvalue weighted by Gasteiger charge is 2.24. The van der Waals surface area contributed by atoms with Crippen LogP contribution in [-0.4, -0.2) is 48.7 Å². The van der Waals surface area contributed by atoms with Crippen molar-refractivity contribution in [3.05, 3.63) is 0 Å². The van der Waals surface area contributed by atoms with Gasteiger partial charge in [0.25, 0.3) is 0 Å². The minimum atomic E-state index is -0.296. The SMILES string of the molecule is CC(C)(C)C(=O)NCC1CCCN(CCCCO)C1. The molecule has 1 rings (SSSR count). The fourth-order valence-electron chi connectivity index (χ4n) is 2.47. The molecule has 0 bridgehead atoms. The molecule has 1 fully saturated rings. The zero-order chi connectivity index (χ0) is 14.3. The molecule has 0 aromatic heterocycles. The van der Waals surface area contributed by atoms with E-state index in [-0.39, 0.29) is 11.3 Å². The molecule has 0 saturated carbocycles. The minimum absolute atomic E-state index is 0.143. The summed E-state index contributed by atoms with van der Waals surface area (Å²) in [6.45, 7) is 10.2. The van der Waals surface area contributed by atoms with Crippen LogP contribution in [0.1, 0.15) is 46.5 Å². The molecule has 1 saturated heterocycles. The summed E-state index contributed by atoms with van der Waals surface area (Å²) in [5.74, 6) is 0.721. The molecule has 4 heteroatoms. The number of unbranched alkanes of at least 4 members (excludes halogenated alkanes) is 1. The van der Waals surface area contributed by atoms with E-state index in [2.05, 4.69) is 10.2 Å². The lowest BCUT2D eigenvalue weighted by Gasteiger charge is -2.33. The van der Waals surface area contributed by atoms with E-state index in [9.17, 15) is 4.79 Å². The van der Waals surface area contributed by atoms with Crippen molar-refractivity contribution in [3.8, 4) is 0 Å². The molecule has 0 aliphatic carbocycles. The summed E-state index contributed by atoms with van der Waals surface area (Å²) in [5, 5.41) is 11.9. The minimum Gasteiger partial charge on any atom is -0.396 e. The lowest BCUT2D eigenvalue weighted by molar-refractivity contribution is -0.128. The molecule has 0 aromatic rings. The molecule has 1 aliphatic heterocycles. The van der Waals surface area contributed by atoms with Crippen LogP contribution in [0.4, 0.5) is 0 Å². The molecular formula is C15H30N2O2. The first-order chi connectivity index (χ1) is 8.93. The Hall–Kier alpha value is -0.610. The van der Waals surface area contributed by atoms with Crippen LogP contribution in [0.25, 0.3) is 0 Å². The number of aliphatic hydroxyl groups is 1. The third kappa shape index (κ3) is 6.39. The highest BCUT2D eigenvalue weighted by atomic mass is 16.2. The molecule has 0 spiro atoms. The van der Waals surface area contributed by atoms with Gasteiger partial charge in [-0.2, -0.15) is 0 Å². The molecule has 0 radical (unpaired) electrons. The number of aliphatic hydroxyl groups excluding tert-OH is 1. The maximum absolute atomic E-state index is 11.8. The standard InChI is InChI=1S/C15H30N2O2/c1-15(2,3)14(19)16-11-13-7-6-9-17(12-13)8-4-5-10-18/h13,18H,4-12H2,1-3H3,(H,16,19). The second-order valence-corrected chi connectivity index (χ2v) is 6.70. The number of hydrogen-bond acceptors (Lipinski definition) is 3. The van der Waals surface area contributed by atoms with Crippen LogP contribution < -0.4 is 5.32 Å². The number of carbonyl (C=O) groups excluding carboxylic acids is 1. The summed E-state index contributed by atoms with van der Waals surface area (Å²) < 4.78 is 0.